The van der Waals surface area contributed by atoms with Crippen LogP contribution in [0.2, 0.25) is 0 Å². The third kappa shape index (κ3) is 5.32. The maximum atomic E-state index is 2.42. The van der Waals surface area contributed by atoms with Crippen molar-refractivity contribution in [3.05, 3.63) is 206 Å². The molecule has 0 saturated heterocycles. The molecule has 0 aliphatic carbocycles. The van der Waals surface area contributed by atoms with Crippen molar-refractivity contribution < 1.29 is 0 Å². The first-order valence-corrected chi connectivity index (χ1v) is 19.6. The van der Waals surface area contributed by atoms with E-state index in [2.05, 4.69) is 216 Å². The number of benzene rings is 9. The van der Waals surface area contributed by atoms with E-state index in [1.54, 1.807) is 0 Å². The number of thiophene rings is 1. The van der Waals surface area contributed by atoms with Gasteiger partial charge in [-0.1, -0.05) is 140 Å². The SMILES string of the molecule is c1ccc(-c2ccc(N(c3ccc(-c4ccc5c(c4)sc4cc6ccccc6cc45)cc3)c3cccc4c5ccccc5n(-c5ccccc5)c34)cc2)cc1. The maximum Gasteiger partial charge on any atom is 0.0782 e. The van der Waals surface area contributed by atoms with Gasteiger partial charge in [-0.05, 0) is 99.8 Å². The number of fused-ring (bicyclic) bond motifs is 7. The van der Waals surface area contributed by atoms with Crippen LogP contribution in [-0.2, 0) is 0 Å². The summed E-state index contributed by atoms with van der Waals surface area (Å²) in [5.41, 5.74) is 11.7. The molecule has 258 valence electrons. The molecule has 0 N–H and O–H groups in total. The van der Waals surface area contributed by atoms with Gasteiger partial charge in [-0.25, -0.2) is 0 Å². The van der Waals surface area contributed by atoms with Crippen molar-refractivity contribution in [2.45, 2.75) is 0 Å². The number of rotatable bonds is 6. The van der Waals surface area contributed by atoms with Crippen LogP contribution in [0, 0.1) is 0 Å². The fourth-order valence-electron chi connectivity index (χ4n) is 8.33. The molecule has 9 aromatic carbocycles. The van der Waals surface area contributed by atoms with Crippen LogP contribution in [0.4, 0.5) is 17.1 Å². The zero-order chi connectivity index (χ0) is 36.3. The van der Waals surface area contributed by atoms with Crippen molar-refractivity contribution in [3.63, 3.8) is 0 Å². The van der Waals surface area contributed by atoms with E-state index in [0.29, 0.717) is 0 Å². The largest absolute Gasteiger partial charge is 0.308 e. The molecule has 0 fully saturated rings. The number of hydrogen-bond acceptors (Lipinski definition) is 2. The Hall–Kier alpha value is -6.94. The van der Waals surface area contributed by atoms with Crippen LogP contribution in [0.1, 0.15) is 0 Å². The van der Waals surface area contributed by atoms with Gasteiger partial charge in [-0.3, -0.25) is 0 Å². The summed E-state index contributed by atoms with van der Waals surface area (Å²) >= 11 is 1.88. The average Bonchev–Trinajstić information content (AvgIpc) is 3.79. The number of aromatic nitrogens is 1. The summed E-state index contributed by atoms with van der Waals surface area (Å²) in [4.78, 5) is 2.42. The third-order valence-corrected chi connectivity index (χ3v) is 12.1. The minimum atomic E-state index is 1.10. The van der Waals surface area contributed by atoms with Crippen LogP contribution in [0.15, 0.2) is 206 Å². The van der Waals surface area contributed by atoms with Gasteiger partial charge in [-0.15, -0.1) is 11.3 Å². The molecular formula is C52H34N2S. The second-order valence-corrected chi connectivity index (χ2v) is 15.2. The van der Waals surface area contributed by atoms with Crippen molar-refractivity contribution in [1.82, 2.24) is 4.57 Å². The van der Waals surface area contributed by atoms with E-state index in [1.807, 2.05) is 11.3 Å². The number of para-hydroxylation sites is 3. The van der Waals surface area contributed by atoms with Gasteiger partial charge in [0.1, 0.15) is 0 Å². The first-order valence-electron chi connectivity index (χ1n) is 18.8. The van der Waals surface area contributed by atoms with Crippen LogP contribution in [0.25, 0.3) is 80.7 Å². The molecule has 0 radical (unpaired) electrons. The number of hydrogen-bond donors (Lipinski definition) is 0. The monoisotopic (exact) mass is 718 g/mol. The lowest BCUT2D eigenvalue weighted by Crippen LogP contribution is -2.11. The molecule has 2 nitrogen and oxygen atoms in total. The Morgan fingerprint density at radius 2 is 0.927 bits per heavy atom. The summed E-state index contributed by atoms with van der Waals surface area (Å²) in [7, 11) is 0. The fraction of sp³-hybridized carbons (Fsp3) is 0. The molecule has 2 heterocycles. The summed E-state index contributed by atoms with van der Waals surface area (Å²) in [5, 5.41) is 7.69. The third-order valence-electron chi connectivity index (χ3n) is 11.0. The van der Waals surface area contributed by atoms with Gasteiger partial charge in [-0.2, -0.15) is 0 Å². The molecule has 0 atom stereocenters. The zero-order valence-corrected chi connectivity index (χ0v) is 30.7. The molecule has 0 amide bonds. The average molecular weight is 719 g/mol. The van der Waals surface area contributed by atoms with Gasteiger partial charge >= 0.3 is 0 Å². The molecule has 0 spiro atoms. The Bertz CT molecular complexity index is 3180. The van der Waals surface area contributed by atoms with E-state index >= 15 is 0 Å². The van der Waals surface area contributed by atoms with E-state index < -0.39 is 0 Å². The molecule has 11 aromatic rings. The minimum Gasteiger partial charge on any atom is -0.308 e. The Morgan fingerprint density at radius 1 is 0.364 bits per heavy atom. The molecule has 55 heavy (non-hydrogen) atoms. The van der Waals surface area contributed by atoms with Crippen LogP contribution < -0.4 is 4.90 Å². The fourth-order valence-corrected chi connectivity index (χ4v) is 9.51. The van der Waals surface area contributed by atoms with Crippen molar-refractivity contribution in [3.8, 4) is 27.9 Å². The standard InChI is InChI=1S/C52H34N2S/c1-3-12-35(13-4-1)36-22-27-42(28-23-36)53(49-21-11-19-46-44-18-9-10-20-48(44)54(52(46)49)41-16-5-2-6-17-41)43-29-24-37(25-30-43)40-26-31-45-47-32-38-14-7-8-15-39(38)33-51(47)55-50(45)34-40/h1-34H. The summed E-state index contributed by atoms with van der Waals surface area (Å²) in [5.74, 6) is 0. The first kappa shape index (κ1) is 31.6. The van der Waals surface area contributed by atoms with E-state index in [0.717, 1.165) is 22.7 Å². The number of anilines is 3. The van der Waals surface area contributed by atoms with Gasteiger partial charge in [0, 0.05) is 48.0 Å². The molecule has 0 bridgehead atoms. The van der Waals surface area contributed by atoms with Gasteiger partial charge in [0.25, 0.3) is 0 Å². The van der Waals surface area contributed by atoms with Gasteiger partial charge in [0.2, 0.25) is 0 Å². The van der Waals surface area contributed by atoms with Crippen molar-refractivity contribution in [2.75, 3.05) is 4.90 Å². The molecule has 0 saturated carbocycles. The van der Waals surface area contributed by atoms with Gasteiger partial charge in [0.15, 0.2) is 0 Å². The molecule has 2 aromatic heterocycles. The molecule has 3 heteroatoms. The van der Waals surface area contributed by atoms with Gasteiger partial charge < -0.3 is 9.47 Å². The topological polar surface area (TPSA) is 8.17 Å². The highest BCUT2D eigenvalue weighted by Crippen LogP contribution is 2.44. The Morgan fingerprint density at radius 3 is 1.67 bits per heavy atom. The molecular weight excluding hydrogens is 685 g/mol. The highest BCUT2D eigenvalue weighted by molar-refractivity contribution is 7.25. The zero-order valence-electron chi connectivity index (χ0n) is 29.9. The van der Waals surface area contributed by atoms with E-state index in [9.17, 15) is 0 Å². The van der Waals surface area contributed by atoms with E-state index in [4.69, 9.17) is 0 Å². The second kappa shape index (κ2) is 12.9. The van der Waals surface area contributed by atoms with Crippen molar-refractivity contribution >= 4 is 81.1 Å². The van der Waals surface area contributed by atoms with Gasteiger partial charge in [0.05, 0.1) is 16.7 Å². The molecule has 0 unspecified atom stereocenters. The maximum absolute atomic E-state index is 2.42. The molecule has 0 aliphatic rings. The lowest BCUT2D eigenvalue weighted by atomic mass is 10.0. The van der Waals surface area contributed by atoms with Crippen LogP contribution in [0.5, 0.6) is 0 Å². The lowest BCUT2D eigenvalue weighted by Gasteiger charge is -2.27. The predicted molar refractivity (Wildman–Crippen MR) is 237 cm³/mol. The first-order chi connectivity index (χ1) is 27.3. The van der Waals surface area contributed by atoms with Crippen LogP contribution >= 0.6 is 11.3 Å². The highest BCUT2D eigenvalue weighted by Gasteiger charge is 2.21. The summed E-state index contributed by atoms with van der Waals surface area (Å²) < 4.78 is 5.06. The molecule has 0 aliphatic heterocycles. The summed E-state index contributed by atoms with van der Waals surface area (Å²) in [6.07, 6.45) is 0. The number of nitrogens with zero attached hydrogens (tertiary/aromatic N) is 2. The minimum absolute atomic E-state index is 1.10. The lowest BCUT2D eigenvalue weighted by molar-refractivity contribution is 1.17. The quantitative estimate of drug-likeness (QED) is 0.166. The summed E-state index contributed by atoms with van der Waals surface area (Å²) in [6.45, 7) is 0. The van der Waals surface area contributed by atoms with Crippen molar-refractivity contribution in [1.29, 1.82) is 0 Å². The smallest absolute Gasteiger partial charge is 0.0782 e. The van der Waals surface area contributed by atoms with Crippen molar-refractivity contribution in [2.24, 2.45) is 0 Å². The highest BCUT2D eigenvalue weighted by atomic mass is 32.1. The Balaban J connectivity index is 1.07. The predicted octanol–water partition coefficient (Wildman–Crippen LogP) is 15.1. The summed E-state index contributed by atoms with van der Waals surface area (Å²) in [6, 6.07) is 75.1. The Labute approximate surface area is 323 Å². The molecule has 11 rings (SSSR count). The van der Waals surface area contributed by atoms with Crippen LogP contribution in [-0.4, -0.2) is 4.57 Å². The normalized spacial score (nSPS) is 11.6. The van der Waals surface area contributed by atoms with E-state index in [1.165, 1.54) is 75.0 Å². The van der Waals surface area contributed by atoms with Crippen LogP contribution in [0.3, 0.4) is 0 Å². The Kier molecular flexibility index (Phi) is 7.39. The van der Waals surface area contributed by atoms with E-state index in [-0.39, 0.29) is 0 Å². The second-order valence-electron chi connectivity index (χ2n) is 14.2.